The molecule has 1 heterocycles. The molecule has 0 fully saturated rings. The standard InChI is InChI=1S/C13H14FN5O/c14-10-3-1-9(2-4-10)5-6-16-13(20)11-7-18-12(19-15)8-17-11/h1-4,7-8H,5-6,15H2,(H,16,20)(H,18,19). The molecule has 0 aliphatic carbocycles. The highest BCUT2D eigenvalue weighted by molar-refractivity contribution is 5.91. The van der Waals surface area contributed by atoms with Crippen molar-refractivity contribution in [1.29, 1.82) is 0 Å². The summed E-state index contributed by atoms with van der Waals surface area (Å²) in [5.74, 6) is 4.94. The van der Waals surface area contributed by atoms with E-state index in [4.69, 9.17) is 5.84 Å². The number of anilines is 1. The second-order valence-corrected chi connectivity index (χ2v) is 4.06. The number of nitrogen functional groups attached to an aromatic ring is 1. The van der Waals surface area contributed by atoms with Crippen molar-refractivity contribution in [1.82, 2.24) is 15.3 Å². The lowest BCUT2D eigenvalue weighted by Crippen LogP contribution is -2.26. The minimum atomic E-state index is -0.316. The zero-order valence-corrected chi connectivity index (χ0v) is 10.6. The van der Waals surface area contributed by atoms with Gasteiger partial charge in [-0.15, -0.1) is 0 Å². The van der Waals surface area contributed by atoms with Crippen LogP contribution < -0.4 is 16.6 Å². The van der Waals surface area contributed by atoms with Crippen molar-refractivity contribution in [2.45, 2.75) is 6.42 Å². The molecule has 20 heavy (non-hydrogen) atoms. The Bertz CT molecular complexity index is 570. The number of carbonyl (C=O) groups excluding carboxylic acids is 1. The Hall–Kier alpha value is -2.54. The number of nitrogens with one attached hydrogen (secondary N) is 2. The number of aromatic nitrogens is 2. The lowest BCUT2D eigenvalue weighted by Gasteiger charge is -2.05. The average Bonchev–Trinajstić information content (AvgIpc) is 2.49. The van der Waals surface area contributed by atoms with Crippen LogP contribution in [0.25, 0.3) is 0 Å². The van der Waals surface area contributed by atoms with E-state index in [1.807, 2.05) is 0 Å². The summed E-state index contributed by atoms with van der Waals surface area (Å²) in [6, 6.07) is 6.15. The van der Waals surface area contributed by atoms with E-state index >= 15 is 0 Å². The zero-order valence-electron chi connectivity index (χ0n) is 10.6. The number of benzene rings is 1. The summed E-state index contributed by atoms with van der Waals surface area (Å²) in [4.78, 5) is 19.6. The van der Waals surface area contributed by atoms with Crippen LogP contribution in [0, 0.1) is 5.82 Å². The Morgan fingerprint density at radius 2 is 1.95 bits per heavy atom. The average molecular weight is 275 g/mol. The number of rotatable bonds is 5. The number of hydrazine groups is 1. The van der Waals surface area contributed by atoms with Gasteiger partial charge in [-0.05, 0) is 24.1 Å². The molecule has 2 rings (SSSR count). The Labute approximate surface area is 115 Å². The summed E-state index contributed by atoms with van der Waals surface area (Å²) in [5.41, 5.74) is 3.48. The Kier molecular flexibility index (Phi) is 4.56. The van der Waals surface area contributed by atoms with Crippen molar-refractivity contribution in [3.63, 3.8) is 0 Å². The van der Waals surface area contributed by atoms with Crippen molar-refractivity contribution in [2.24, 2.45) is 5.84 Å². The predicted octanol–water partition coefficient (Wildman–Crippen LogP) is 0.874. The van der Waals surface area contributed by atoms with Crippen molar-refractivity contribution in [3.8, 4) is 0 Å². The maximum Gasteiger partial charge on any atom is 0.271 e. The quantitative estimate of drug-likeness (QED) is 0.556. The molecule has 0 radical (unpaired) electrons. The molecular formula is C13H14FN5O. The van der Waals surface area contributed by atoms with Gasteiger partial charge in [0.1, 0.15) is 11.5 Å². The summed E-state index contributed by atoms with van der Waals surface area (Å²) in [7, 11) is 0. The van der Waals surface area contributed by atoms with Crippen molar-refractivity contribution in [3.05, 3.63) is 53.7 Å². The van der Waals surface area contributed by atoms with E-state index in [2.05, 4.69) is 20.7 Å². The van der Waals surface area contributed by atoms with Crippen molar-refractivity contribution in [2.75, 3.05) is 12.0 Å². The fourth-order valence-corrected chi connectivity index (χ4v) is 1.58. The number of nitrogens with two attached hydrogens (primary N) is 1. The van der Waals surface area contributed by atoms with Gasteiger partial charge in [-0.25, -0.2) is 20.2 Å². The molecule has 0 spiro atoms. The third kappa shape index (κ3) is 3.72. The molecular weight excluding hydrogens is 261 g/mol. The third-order valence-electron chi connectivity index (χ3n) is 2.64. The number of hydrogen-bond acceptors (Lipinski definition) is 5. The normalized spacial score (nSPS) is 10.1. The summed E-state index contributed by atoms with van der Waals surface area (Å²) >= 11 is 0. The molecule has 1 aromatic heterocycles. The molecule has 0 saturated heterocycles. The van der Waals surface area contributed by atoms with Crippen LogP contribution in [-0.2, 0) is 6.42 Å². The lowest BCUT2D eigenvalue weighted by molar-refractivity contribution is 0.0949. The highest BCUT2D eigenvalue weighted by Gasteiger charge is 2.07. The lowest BCUT2D eigenvalue weighted by atomic mass is 10.1. The second kappa shape index (κ2) is 6.58. The van der Waals surface area contributed by atoms with E-state index in [9.17, 15) is 9.18 Å². The van der Waals surface area contributed by atoms with Gasteiger partial charge < -0.3 is 10.7 Å². The minimum Gasteiger partial charge on any atom is -0.350 e. The number of nitrogens with zero attached hydrogens (tertiary/aromatic N) is 2. The molecule has 7 heteroatoms. The smallest absolute Gasteiger partial charge is 0.271 e. The number of halogens is 1. The van der Waals surface area contributed by atoms with E-state index < -0.39 is 0 Å². The molecule has 6 nitrogen and oxygen atoms in total. The van der Waals surface area contributed by atoms with Crippen LogP contribution in [0.2, 0.25) is 0 Å². The molecule has 0 unspecified atom stereocenters. The van der Waals surface area contributed by atoms with E-state index in [1.165, 1.54) is 24.5 Å². The first-order valence-electron chi connectivity index (χ1n) is 6.00. The summed E-state index contributed by atoms with van der Waals surface area (Å²) in [5, 5.41) is 2.71. The SMILES string of the molecule is NNc1cnc(C(=O)NCCc2ccc(F)cc2)cn1. The zero-order chi connectivity index (χ0) is 14.4. The first-order chi connectivity index (χ1) is 9.69. The maximum atomic E-state index is 12.7. The molecule has 4 N–H and O–H groups in total. The molecule has 0 atom stereocenters. The topological polar surface area (TPSA) is 92.9 Å². The van der Waals surface area contributed by atoms with Crippen LogP contribution in [0.3, 0.4) is 0 Å². The molecule has 0 saturated carbocycles. The fourth-order valence-electron chi connectivity index (χ4n) is 1.58. The molecule has 0 aliphatic heterocycles. The van der Waals surface area contributed by atoms with Gasteiger partial charge in [0, 0.05) is 6.54 Å². The van der Waals surface area contributed by atoms with Gasteiger partial charge in [0.25, 0.3) is 5.91 Å². The summed E-state index contributed by atoms with van der Waals surface area (Å²) < 4.78 is 12.7. The van der Waals surface area contributed by atoms with Gasteiger partial charge in [-0.3, -0.25) is 4.79 Å². The minimum absolute atomic E-state index is 0.211. The van der Waals surface area contributed by atoms with Crippen LogP contribution in [-0.4, -0.2) is 22.4 Å². The largest absolute Gasteiger partial charge is 0.350 e. The Morgan fingerprint density at radius 1 is 1.20 bits per heavy atom. The van der Waals surface area contributed by atoms with Crippen LogP contribution in [0.5, 0.6) is 0 Å². The van der Waals surface area contributed by atoms with Gasteiger partial charge in [-0.1, -0.05) is 12.1 Å². The Morgan fingerprint density at radius 3 is 2.55 bits per heavy atom. The van der Waals surface area contributed by atoms with Gasteiger partial charge in [0.05, 0.1) is 12.4 Å². The van der Waals surface area contributed by atoms with Gasteiger partial charge in [0.2, 0.25) is 0 Å². The van der Waals surface area contributed by atoms with Crippen molar-refractivity contribution < 1.29 is 9.18 Å². The molecule has 0 bridgehead atoms. The number of hydrogen-bond donors (Lipinski definition) is 3. The first kappa shape index (κ1) is 13.9. The van der Waals surface area contributed by atoms with Crippen LogP contribution >= 0.6 is 0 Å². The fraction of sp³-hybridized carbons (Fsp3) is 0.154. The molecule has 2 aromatic rings. The highest BCUT2D eigenvalue weighted by Crippen LogP contribution is 2.03. The predicted molar refractivity (Wildman–Crippen MR) is 72.3 cm³/mol. The van der Waals surface area contributed by atoms with Crippen molar-refractivity contribution >= 4 is 11.7 Å². The van der Waals surface area contributed by atoms with E-state index in [0.717, 1.165) is 5.56 Å². The monoisotopic (exact) mass is 275 g/mol. The van der Waals surface area contributed by atoms with E-state index in [0.29, 0.717) is 18.8 Å². The van der Waals surface area contributed by atoms with Crippen LogP contribution in [0.4, 0.5) is 10.2 Å². The van der Waals surface area contributed by atoms with Crippen LogP contribution in [0.15, 0.2) is 36.7 Å². The van der Waals surface area contributed by atoms with Crippen LogP contribution in [0.1, 0.15) is 16.1 Å². The van der Waals surface area contributed by atoms with E-state index in [1.54, 1.807) is 12.1 Å². The maximum absolute atomic E-state index is 12.7. The molecule has 1 amide bonds. The van der Waals surface area contributed by atoms with Gasteiger partial charge in [0.15, 0.2) is 5.82 Å². The highest BCUT2D eigenvalue weighted by atomic mass is 19.1. The summed E-state index contributed by atoms with van der Waals surface area (Å²) in [6.45, 7) is 0.434. The van der Waals surface area contributed by atoms with E-state index in [-0.39, 0.29) is 17.4 Å². The molecule has 104 valence electrons. The first-order valence-corrected chi connectivity index (χ1v) is 6.00. The number of amides is 1. The van der Waals surface area contributed by atoms with Gasteiger partial charge >= 0.3 is 0 Å². The Balaban J connectivity index is 1.83. The number of carbonyl (C=O) groups is 1. The second-order valence-electron chi connectivity index (χ2n) is 4.06. The molecule has 0 aliphatic rings. The summed E-state index contributed by atoms with van der Waals surface area (Å²) in [6.07, 6.45) is 3.32. The molecule has 1 aromatic carbocycles. The van der Waals surface area contributed by atoms with Gasteiger partial charge in [-0.2, -0.15) is 0 Å². The third-order valence-corrected chi connectivity index (χ3v) is 2.64.